The molecule has 0 amide bonds. The molecule has 0 aromatic carbocycles. The highest BCUT2D eigenvalue weighted by Gasteiger charge is 2.44. The first kappa shape index (κ1) is 10.5. The minimum atomic E-state index is -0.561. The number of rotatable bonds is 2. The maximum Gasteiger partial charge on any atom is 0.157 e. The van der Waals surface area contributed by atoms with Crippen molar-refractivity contribution in [2.45, 2.75) is 19.4 Å². The van der Waals surface area contributed by atoms with Gasteiger partial charge in [-0.2, -0.15) is 5.10 Å². The Bertz CT molecular complexity index is 542. The normalized spacial score (nSPS) is 18.7. The van der Waals surface area contributed by atoms with E-state index in [0.29, 0.717) is 13.1 Å². The number of aromatic nitrogens is 3. The average molecular weight is 232 g/mol. The molecule has 17 heavy (non-hydrogen) atoms. The van der Waals surface area contributed by atoms with Crippen LogP contribution in [0.15, 0.2) is 24.5 Å². The fourth-order valence-corrected chi connectivity index (χ4v) is 2.12. The summed E-state index contributed by atoms with van der Waals surface area (Å²) < 4.78 is 1.73. The third kappa shape index (κ3) is 1.58. The van der Waals surface area contributed by atoms with Crippen LogP contribution in [0.2, 0.25) is 0 Å². The van der Waals surface area contributed by atoms with Crippen molar-refractivity contribution in [2.75, 3.05) is 18.0 Å². The molecule has 0 saturated carbocycles. The number of hydrogen-bond donors (Lipinski definition) is 1. The predicted octanol–water partition coefficient (Wildman–Crippen LogP) is 0.936. The zero-order valence-corrected chi connectivity index (χ0v) is 10.0. The van der Waals surface area contributed by atoms with E-state index in [9.17, 15) is 5.11 Å². The Morgan fingerprint density at radius 2 is 2.12 bits per heavy atom. The van der Waals surface area contributed by atoms with Crippen LogP contribution in [0.4, 0.5) is 5.82 Å². The number of β-amino-alcohol motifs (C(OH)–C–C–N with tert-alkyl or cyclic N) is 1. The standard InChI is InChI=1S/C12H16N4O/c1-9(2)12(17)7-15(8-12)10-4-6-16-11(14-10)3-5-13-16/h3-6,9,17H,7-8H2,1-2H3. The van der Waals surface area contributed by atoms with Gasteiger partial charge in [0.05, 0.1) is 19.3 Å². The predicted molar refractivity (Wildman–Crippen MR) is 65.0 cm³/mol. The van der Waals surface area contributed by atoms with E-state index in [1.807, 2.05) is 32.2 Å². The van der Waals surface area contributed by atoms with E-state index in [-0.39, 0.29) is 5.92 Å². The third-order valence-corrected chi connectivity index (χ3v) is 3.57. The molecule has 5 nitrogen and oxygen atoms in total. The lowest BCUT2D eigenvalue weighted by molar-refractivity contribution is -0.0304. The number of anilines is 1. The van der Waals surface area contributed by atoms with E-state index in [1.54, 1.807) is 10.7 Å². The Labute approximate surface area is 99.7 Å². The molecule has 1 fully saturated rings. The first-order valence-corrected chi connectivity index (χ1v) is 5.86. The fourth-order valence-electron chi connectivity index (χ4n) is 2.12. The Morgan fingerprint density at radius 1 is 1.35 bits per heavy atom. The average Bonchev–Trinajstić information content (AvgIpc) is 2.71. The minimum Gasteiger partial charge on any atom is -0.386 e. The summed E-state index contributed by atoms with van der Waals surface area (Å²) in [7, 11) is 0. The monoisotopic (exact) mass is 232 g/mol. The van der Waals surface area contributed by atoms with Gasteiger partial charge in [-0.05, 0) is 12.0 Å². The van der Waals surface area contributed by atoms with Crippen LogP contribution >= 0.6 is 0 Å². The van der Waals surface area contributed by atoms with Crippen LogP contribution in [-0.4, -0.2) is 38.4 Å². The van der Waals surface area contributed by atoms with Gasteiger partial charge >= 0.3 is 0 Å². The summed E-state index contributed by atoms with van der Waals surface area (Å²) in [4.78, 5) is 6.59. The molecule has 0 unspecified atom stereocenters. The topological polar surface area (TPSA) is 53.7 Å². The Morgan fingerprint density at radius 3 is 2.82 bits per heavy atom. The molecule has 0 radical (unpaired) electrons. The van der Waals surface area contributed by atoms with Gasteiger partial charge in [-0.15, -0.1) is 0 Å². The van der Waals surface area contributed by atoms with Gasteiger partial charge in [0, 0.05) is 12.3 Å². The zero-order chi connectivity index (χ0) is 12.0. The van der Waals surface area contributed by atoms with E-state index in [4.69, 9.17) is 0 Å². The smallest absolute Gasteiger partial charge is 0.157 e. The Balaban J connectivity index is 1.82. The van der Waals surface area contributed by atoms with Crippen molar-refractivity contribution in [3.8, 4) is 0 Å². The molecule has 0 aliphatic carbocycles. The Kier molecular flexibility index (Phi) is 2.13. The van der Waals surface area contributed by atoms with Crippen LogP contribution in [0.5, 0.6) is 0 Å². The van der Waals surface area contributed by atoms with Crippen molar-refractivity contribution >= 4 is 11.5 Å². The van der Waals surface area contributed by atoms with Crippen LogP contribution in [0.3, 0.4) is 0 Å². The van der Waals surface area contributed by atoms with Crippen molar-refractivity contribution < 1.29 is 5.11 Å². The van der Waals surface area contributed by atoms with Crippen molar-refractivity contribution in [3.63, 3.8) is 0 Å². The molecule has 2 aromatic rings. The van der Waals surface area contributed by atoms with Gasteiger partial charge in [0.15, 0.2) is 5.65 Å². The lowest BCUT2D eigenvalue weighted by atomic mass is 9.83. The van der Waals surface area contributed by atoms with Crippen molar-refractivity contribution in [3.05, 3.63) is 24.5 Å². The summed E-state index contributed by atoms with van der Waals surface area (Å²) in [5.41, 5.74) is 0.274. The van der Waals surface area contributed by atoms with Gasteiger partial charge in [-0.1, -0.05) is 13.8 Å². The van der Waals surface area contributed by atoms with Crippen LogP contribution in [0.25, 0.3) is 5.65 Å². The second-order valence-electron chi connectivity index (χ2n) is 5.03. The molecule has 3 heterocycles. The van der Waals surface area contributed by atoms with Crippen molar-refractivity contribution in [1.29, 1.82) is 0 Å². The summed E-state index contributed by atoms with van der Waals surface area (Å²) in [5, 5.41) is 14.3. The van der Waals surface area contributed by atoms with Crippen molar-refractivity contribution in [1.82, 2.24) is 14.6 Å². The molecule has 1 N–H and O–H groups in total. The van der Waals surface area contributed by atoms with E-state index in [0.717, 1.165) is 11.5 Å². The maximum atomic E-state index is 10.2. The summed E-state index contributed by atoms with van der Waals surface area (Å²) in [6.45, 7) is 5.40. The number of fused-ring (bicyclic) bond motifs is 1. The van der Waals surface area contributed by atoms with E-state index < -0.39 is 5.60 Å². The SMILES string of the molecule is CC(C)C1(O)CN(c2ccn3nccc3n2)C1. The van der Waals surface area contributed by atoms with E-state index in [1.165, 1.54) is 0 Å². The second kappa shape index (κ2) is 3.43. The fraction of sp³-hybridized carbons (Fsp3) is 0.500. The number of nitrogens with zero attached hydrogens (tertiary/aromatic N) is 4. The van der Waals surface area contributed by atoms with Crippen LogP contribution in [0.1, 0.15) is 13.8 Å². The first-order chi connectivity index (χ1) is 8.08. The van der Waals surface area contributed by atoms with Gasteiger partial charge in [0.1, 0.15) is 11.4 Å². The zero-order valence-electron chi connectivity index (χ0n) is 10.0. The molecular formula is C12H16N4O. The van der Waals surface area contributed by atoms with Crippen LogP contribution in [0, 0.1) is 5.92 Å². The highest BCUT2D eigenvalue weighted by molar-refractivity contribution is 5.50. The second-order valence-corrected chi connectivity index (χ2v) is 5.03. The minimum absolute atomic E-state index is 0.275. The molecule has 0 spiro atoms. The van der Waals surface area contributed by atoms with Crippen LogP contribution in [-0.2, 0) is 0 Å². The first-order valence-electron chi connectivity index (χ1n) is 5.86. The highest BCUT2D eigenvalue weighted by atomic mass is 16.3. The molecule has 0 bridgehead atoms. The summed E-state index contributed by atoms with van der Waals surface area (Å²) in [6.07, 6.45) is 3.62. The Hall–Kier alpha value is -1.62. The largest absolute Gasteiger partial charge is 0.386 e. The highest BCUT2D eigenvalue weighted by Crippen LogP contribution is 2.31. The van der Waals surface area contributed by atoms with Gasteiger partial charge in [0.2, 0.25) is 0 Å². The molecule has 90 valence electrons. The molecule has 1 aliphatic rings. The third-order valence-electron chi connectivity index (χ3n) is 3.57. The summed E-state index contributed by atoms with van der Waals surface area (Å²) in [5.74, 6) is 1.18. The lowest BCUT2D eigenvalue weighted by Gasteiger charge is -2.49. The molecule has 5 heteroatoms. The van der Waals surface area contributed by atoms with Gasteiger partial charge in [0.25, 0.3) is 0 Å². The lowest BCUT2D eigenvalue weighted by Crippen LogP contribution is -2.65. The number of hydrogen-bond acceptors (Lipinski definition) is 4. The molecule has 1 saturated heterocycles. The molecule has 0 atom stereocenters. The van der Waals surface area contributed by atoms with Crippen molar-refractivity contribution in [2.24, 2.45) is 5.92 Å². The summed E-state index contributed by atoms with van der Waals surface area (Å²) >= 11 is 0. The molecule has 2 aromatic heterocycles. The molecule has 1 aliphatic heterocycles. The number of aliphatic hydroxyl groups is 1. The van der Waals surface area contributed by atoms with Gasteiger partial charge < -0.3 is 10.0 Å². The van der Waals surface area contributed by atoms with E-state index in [2.05, 4.69) is 15.0 Å². The quantitative estimate of drug-likeness (QED) is 0.837. The molecular weight excluding hydrogens is 216 g/mol. The van der Waals surface area contributed by atoms with E-state index >= 15 is 0 Å². The molecule has 3 rings (SSSR count). The van der Waals surface area contributed by atoms with Gasteiger partial charge in [-0.3, -0.25) is 0 Å². The summed E-state index contributed by atoms with van der Waals surface area (Å²) in [6, 6.07) is 3.80. The van der Waals surface area contributed by atoms with Gasteiger partial charge in [-0.25, -0.2) is 9.50 Å². The van der Waals surface area contributed by atoms with Crippen LogP contribution < -0.4 is 4.90 Å². The maximum absolute atomic E-state index is 10.2.